The van der Waals surface area contributed by atoms with Gasteiger partial charge in [-0.05, 0) is 25.0 Å². The van der Waals surface area contributed by atoms with Gasteiger partial charge in [0.1, 0.15) is 6.33 Å². The van der Waals surface area contributed by atoms with Crippen molar-refractivity contribution in [1.82, 2.24) is 24.9 Å². The van der Waals surface area contributed by atoms with E-state index in [2.05, 4.69) is 15.5 Å². The van der Waals surface area contributed by atoms with E-state index in [0.29, 0.717) is 17.0 Å². The number of carbonyl (C=O) groups is 1. The van der Waals surface area contributed by atoms with E-state index < -0.39 is 0 Å². The average molecular weight is 319 g/mol. The van der Waals surface area contributed by atoms with Crippen LogP contribution in [0.5, 0.6) is 0 Å². The zero-order valence-electron chi connectivity index (χ0n) is 12.5. The molecule has 2 heterocycles. The predicted octanol–water partition coefficient (Wildman–Crippen LogP) is 2.32. The molecule has 0 atom stereocenters. The molecule has 0 bridgehead atoms. The molecule has 7 heteroatoms. The Bertz CT molecular complexity index is 587. The molecule has 0 saturated heterocycles. The largest absolute Gasteiger partial charge is 0.353 e. The van der Waals surface area contributed by atoms with E-state index in [-0.39, 0.29) is 5.91 Å². The fourth-order valence-corrected chi connectivity index (χ4v) is 3.49. The SMILES string of the molecule is O=C(CSc1nncn1-n1cccc1)NC1CCCCCC1. The number of aromatic nitrogens is 4. The van der Waals surface area contributed by atoms with Crippen molar-refractivity contribution < 1.29 is 4.79 Å². The highest BCUT2D eigenvalue weighted by Crippen LogP contribution is 2.18. The van der Waals surface area contributed by atoms with Gasteiger partial charge in [0.2, 0.25) is 11.1 Å². The van der Waals surface area contributed by atoms with Crippen molar-refractivity contribution in [3.05, 3.63) is 30.9 Å². The Morgan fingerprint density at radius 3 is 2.68 bits per heavy atom. The Labute approximate surface area is 134 Å². The summed E-state index contributed by atoms with van der Waals surface area (Å²) in [6.07, 6.45) is 12.7. The van der Waals surface area contributed by atoms with Crippen LogP contribution in [0, 0.1) is 0 Å². The van der Waals surface area contributed by atoms with Gasteiger partial charge < -0.3 is 5.32 Å². The fraction of sp³-hybridized carbons (Fsp3) is 0.533. The molecule has 2 aromatic rings. The number of amides is 1. The van der Waals surface area contributed by atoms with Gasteiger partial charge in [-0.1, -0.05) is 37.4 Å². The molecule has 6 nitrogen and oxygen atoms in total. The van der Waals surface area contributed by atoms with E-state index in [1.54, 1.807) is 6.33 Å². The van der Waals surface area contributed by atoms with Crippen LogP contribution in [0.4, 0.5) is 0 Å². The van der Waals surface area contributed by atoms with Crippen LogP contribution in [0.25, 0.3) is 0 Å². The third-order valence-electron chi connectivity index (χ3n) is 3.89. The molecule has 3 rings (SSSR count). The second-order valence-corrected chi connectivity index (χ2v) is 6.51. The summed E-state index contributed by atoms with van der Waals surface area (Å²) in [5, 5.41) is 11.9. The second kappa shape index (κ2) is 7.49. The Balaban J connectivity index is 1.52. The van der Waals surface area contributed by atoms with E-state index in [1.165, 1.54) is 37.4 Å². The summed E-state index contributed by atoms with van der Waals surface area (Å²) in [5.41, 5.74) is 0. The van der Waals surface area contributed by atoms with Crippen molar-refractivity contribution in [1.29, 1.82) is 0 Å². The molecular weight excluding hydrogens is 298 g/mol. The number of carbonyl (C=O) groups excluding carboxylic acids is 1. The van der Waals surface area contributed by atoms with Crippen LogP contribution < -0.4 is 5.32 Å². The normalized spacial score (nSPS) is 16.4. The molecule has 118 valence electrons. The summed E-state index contributed by atoms with van der Waals surface area (Å²) in [4.78, 5) is 12.1. The molecule has 0 aromatic carbocycles. The minimum Gasteiger partial charge on any atom is -0.353 e. The lowest BCUT2D eigenvalue weighted by Crippen LogP contribution is -2.35. The van der Waals surface area contributed by atoms with Gasteiger partial charge in [-0.15, -0.1) is 10.2 Å². The van der Waals surface area contributed by atoms with Gasteiger partial charge in [0.15, 0.2) is 0 Å². The monoisotopic (exact) mass is 319 g/mol. The molecule has 1 saturated carbocycles. The highest BCUT2D eigenvalue weighted by Gasteiger charge is 2.16. The molecule has 0 radical (unpaired) electrons. The van der Waals surface area contributed by atoms with E-state index in [9.17, 15) is 4.79 Å². The van der Waals surface area contributed by atoms with Crippen LogP contribution in [0.15, 0.2) is 36.0 Å². The van der Waals surface area contributed by atoms with Gasteiger partial charge in [-0.25, -0.2) is 4.68 Å². The number of nitrogens with zero attached hydrogens (tertiary/aromatic N) is 4. The fourth-order valence-electron chi connectivity index (χ4n) is 2.76. The van der Waals surface area contributed by atoms with Crippen molar-refractivity contribution in [2.24, 2.45) is 0 Å². The minimum absolute atomic E-state index is 0.0824. The zero-order valence-corrected chi connectivity index (χ0v) is 13.3. The number of hydrogen-bond acceptors (Lipinski definition) is 4. The second-order valence-electron chi connectivity index (χ2n) is 5.57. The summed E-state index contributed by atoms with van der Waals surface area (Å²) < 4.78 is 3.70. The standard InChI is InChI=1S/C15H21N5OS/c21-14(17-13-7-3-1-2-4-8-13)11-22-15-18-16-12-20(15)19-9-5-6-10-19/h5-6,9-10,12-13H,1-4,7-8,11H2,(H,17,21). The van der Waals surface area contributed by atoms with Crippen LogP contribution in [0.1, 0.15) is 38.5 Å². The van der Waals surface area contributed by atoms with Crippen molar-refractivity contribution in [3.63, 3.8) is 0 Å². The third kappa shape index (κ3) is 3.91. The van der Waals surface area contributed by atoms with Gasteiger partial charge >= 0.3 is 0 Å². The molecule has 1 amide bonds. The van der Waals surface area contributed by atoms with Gasteiger partial charge in [-0.2, -0.15) is 0 Å². The van der Waals surface area contributed by atoms with Crippen molar-refractivity contribution in [3.8, 4) is 0 Å². The van der Waals surface area contributed by atoms with Crippen LogP contribution in [-0.4, -0.2) is 37.3 Å². The van der Waals surface area contributed by atoms with E-state index in [0.717, 1.165) is 12.8 Å². The first-order chi connectivity index (χ1) is 10.8. The highest BCUT2D eigenvalue weighted by molar-refractivity contribution is 7.99. The molecule has 1 aliphatic carbocycles. The molecule has 1 fully saturated rings. The van der Waals surface area contributed by atoms with E-state index >= 15 is 0 Å². The van der Waals surface area contributed by atoms with Gasteiger partial charge in [0, 0.05) is 18.4 Å². The van der Waals surface area contributed by atoms with Gasteiger partial charge in [-0.3, -0.25) is 9.47 Å². The maximum absolute atomic E-state index is 12.1. The van der Waals surface area contributed by atoms with Gasteiger partial charge in [0.05, 0.1) is 5.75 Å². The minimum atomic E-state index is 0.0824. The number of hydrogen-bond donors (Lipinski definition) is 1. The van der Waals surface area contributed by atoms with Crippen molar-refractivity contribution in [2.45, 2.75) is 49.7 Å². The Kier molecular flexibility index (Phi) is 5.15. The number of thioether (sulfide) groups is 1. The number of nitrogens with one attached hydrogen (secondary N) is 1. The molecule has 0 spiro atoms. The number of rotatable bonds is 5. The first kappa shape index (κ1) is 15.1. The molecule has 1 aliphatic rings. The molecular formula is C15H21N5OS. The van der Waals surface area contributed by atoms with Crippen LogP contribution in [0.3, 0.4) is 0 Å². The Morgan fingerprint density at radius 1 is 1.23 bits per heavy atom. The van der Waals surface area contributed by atoms with Crippen LogP contribution in [0.2, 0.25) is 0 Å². The molecule has 0 aliphatic heterocycles. The summed E-state index contributed by atoms with van der Waals surface area (Å²) in [6.45, 7) is 0. The summed E-state index contributed by atoms with van der Waals surface area (Å²) in [5.74, 6) is 0.454. The maximum Gasteiger partial charge on any atom is 0.230 e. The van der Waals surface area contributed by atoms with Crippen LogP contribution >= 0.6 is 11.8 Å². The molecule has 0 unspecified atom stereocenters. The van der Waals surface area contributed by atoms with E-state index in [1.807, 2.05) is 33.9 Å². The maximum atomic E-state index is 12.1. The summed E-state index contributed by atoms with van der Waals surface area (Å²) in [7, 11) is 0. The zero-order chi connectivity index (χ0) is 15.2. The lowest BCUT2D eigenvalue weighted by atomic mass is 10.1. The van der Waals surface area contributed by atoms with Crippen molar-refractivity contribution in [2.75, 3.05) is 5.75 Å². The van der Waals surface area contributed by atoms with Crippen LogP contribution in [-0.2, 0) is 4.79 Å². The molecule has 1 N–H and O–H groups in total. The smallest absolute Gasteiger partial charge is 0.230 e. The average Bonchev–Trinajstić information content (AvgIpc) is 3.13. The van der Waals surface area contributed by atoms with Gasteiger partial charge in [0.25, 0.3) is 0 Å². The third-order valence-corrected chi connectivity index (χ3v) is 4.82. The lowest BCUT2D eigenvalue weighted by Gasteiger charge is -2.16. The molecule has 22 heavy (non-hydrogen) atoms. The first-order valence-corrected chi connectivity index (χ1v) is 8.77. The quantitative estimate of drug-likeness (QED) is 0.678. The summed E-state index contributed by atoms with van der Waals surface area (Å²) in [6, 6.07) is 4.22. The highest BCUT2D eigenvalue weighted by atomic mass is 32.2. The Hall–Kier alpha value is -1.76. The summed E-state index contributed by atoms with van der Waals surface area (Å²) >= 11 is 1.41. The first-order valence-electron chi connectivity index (χ1n) is 7.79. The Morgan fingerprint density at radius 2 is 1.95 bits per heavy atom. The topological polar surface area (TPSA) is 64.7 Å². The van der Waals surface area contributed by atoms with E-state index in [4.69, 9.17) is 0 Å². The molecule has 2 aromatic heterocycles. The lowest BCUT2D eigenvalue weighted by molar-refractivity contribution is -0.119. The predicted molar refractivity (Wildman–Crippen MR) is 85.6 cm³/mol. The van der Waals surface area contributed by atoms with Crippen molar-refractivity contribution >= 4 is 17.7 Å².